The zero-order chi connectivity index (χ0) is 6.28. The van der Waals surface area contributed by atoms with Gasteiger partial charge in [0, 0.05) is 0 Å². The Bertz CT molecular complexity index is 42.5. The molecule has 0 bridgehead atoms. The fraction of sp³-hybridized carbons (Fsp3) is 0.500. The van der Waals surface area contributed by atoms with Crippen LogP contribution in [0.5, 0.6) is 0 Å². The summed E-state index contributed by atoms with van der Waals surface area (Å²) < 4.78 is 0. The largest absolute Gasteiger partial charge is 1.00 e. The summed E-state index contributed by atoms with van der Waals surface area (Å²) in [6, 6.07) is 0. The molecule has 0 aromatic heterocycles. The van der Waals surface area contributed by atoms with E-state index in [0.29, 0.717) is 0 Å². The SMILES string of the molecule is C[CH-]C.O=C(O)O.[Cs+]. The zero-order valence-electron chi connectivity index (χ0n) is 5.38. The zero-order valence-corrected chi connectivity index (χ0v) is 11.7. The summed E-state index contributed by atoms with van der Waals surface area (Å²) in [5.41, 5.74) is 0. The van der Waals surface area contributed by atoms with Crippen molar-refractivity contribution < 1.29 is 83.9 Å². The normalized spacial score (nSPS) is 5.25. The number of carboxylic acid groups (broad SMARTS) is 2. The Morgan fingerprint density at radius 3 is 1.38 bits per heavy atom. The molecular weight excluding hydrogens is 229 g/mol. The molecule has 3 nitrogen and oxygen atoms in total. The van der Waals surface area contributed by atoms with Crippen LogP contribution in [0, 0.1) is 6.42 Å². The number of hydrogen-bond donors (Lipinski definition) is 2. The molecule has 0 atom stereocenters. The predicted molar refractivity (Wildman–Crippen MR) is 26.3 cm³/mol. The fourth-order valence-electron chi connectivity index (χ4n) is 0. The topological polar surface area (TPSA) is 57.5 Å². The molecular formula is C4H9CsO3. The van der Waals surface area contributed by atoms with Gasteiger partial charge >= 0.3 is 75.0 Å². The van der Waals surface area contributed by atoms with E-state index in [2.05, 4.69) is 0 Å². The summed E-state index contributed by atoms with van der Waals surface area (Å²) in [6.07, 6.45) is 0.167. The number of rotatable bonds is 0. The van der Waals surface area contributed by atoms with Crippen LogP contribution in [0.4, 0.5) is 4.79 Å². The maximum Gasteiger partial charge on any atom is 1.00 e. The Balaban J connectivity index is -0.0000000575. The van der Waals surface area contributed by atoms with Crippen LogP contribution in [0.3, 0.4) is 0 Å². The average molecular weight is 238 g/mol. The third-order valence-electron chi connectivity index (χ3n) is 0. The number of hydrogen-bond acceptors (Lipinski definition) is 1. The van der Waals surface area contributed by atoms with Gasteiger partial charge in [-0.25, -0.2) is 4.79 Å². The number of carbonyl (C=O) groups is 1. The Morgan fingerprint density at radius 1 is 1.38 bits per heavy atom. The van der Waals surface area contributed by atoms with Crippen molar-refractivity contribution in [3.05, 3.63) is 6.42 Å². The van der Waals surface area contributed by atoms with Crippen LogP contribution in [-0.4, -0.2) is 16.4 Å². The van der Waals surface area contributed by atoms with Crippen molar-refractivity contribution in [3.63, 3.8) is 0 Å². The molecule has 0 fully saturated rings. The second kappa shape index (κ2) is 15.8. The molecule has 0 saturated heterocycles. The van der Waals surface area contributed by atoms with Gasteiger partial charge in [-0.15, -0.1) is 0 Å². The van der Waals surface area contributed by atoms with Gasteiger partial charge in [0.1, 0.15) is 0 Å². The maximum atomic E-state index is 8.56. The molecule has 0 saturated carbocycles. The fourth-order valence-corrected chi connectivity index (χ4v) is 0. The van der Waals surface area contributed by atoms with Crippen LogP contribution in [0.25, 0.3) is 0 Å². The Kier molecular flexibility index (Phi) is 31.8. The Hall–Kier alpha value is 1.32. The van der Waals surface area contributed by atoms with Crippen molar-refractivity contribution in [2.75, 3.05) is 0 Å². The molecule has 0 aliphatic heterocycles. The molecule has 0 heterocycles. The van der Waals surface area contributed by atoms with E-state index >= 15 is 0 Å². The van der Waals surface area contributed by atoms with Crippen molar-refractivity contribution in [1.82, 2.24) is 0 Å². The summed E-state index contributed by atoms with van der Waals surface area (Å²) in [5, 5.41) is 13.9. The molecule has 0 rings (SSSR count). The van der Waals surface area contributed by atoms with Crippen molar-refractivity contribution in [3.8, 4) is 0 Å². The standard InChI is InChI=1S/C3H7.CH2O3.Cs/c1-3-2;2-1(3)4;/h3H,1-2H3;(H2,2,3,4);/q-1;;+1. The van der Waals surface area contributed by atoms with E-state index in [4.69, 9.17) is 15.0 Å². The van der Waals surface area contributed by atoms with E-state index < -0.39 is 6.16 Å². The van der Waals surface area contributed by atoms with Crippen molar-refractivity contribution in [2.45, 2.75) is 13.8 Å². The first-order chi connectivity index (χ1) is 3.15. The summed E-state index contributed by atoms with van der Waals surface area (Å²) in [5.74, 6) is 0. The summed E-state index contributed by atoms with van der Waals surface area (Å²) in [6.45, 7) is 4.00. The van der Waals surface area contributed by atoms with Crippen LogP contribution in [-0.2, 0) is 0 Å². The quantitative estimate of drug-likeness (QED) is 0.503. The molecule has 0 radical (unpaired) electrons. The monoisotopic (exact) mass is 238 g/mol. The maximum absolute atomic E-state index is 8.56. The van der Waals surface area contributed by atoms with E-state index in [0.717, 1.165) is 0 Å². The van der Waals surface area contributed by atoms with Gasteiger partial charge in [-0.1, -0.05) is 0 Å². The van der Waals surface area contributed by atoms with Gasteiger partial charge in [0.15, 0.2) is 0 Å². The predicted octanol–water partition coefficient (Wildman–Crippen LogP) is -1.54. The van der Waals surface area contributed by atoms with Gasteiger partial charge in [-0.2, -0.15) is 13.8 Å². The minimum absolute atomic E-state index is 0. The van der Waals surface area contributed by atoms with Crippen LogP contribution in [0.15, 0.2) is 0 Å². The van der Waals surface area contributed by atoms with Gasteiger partial charge < -0.3 is 16.6 Å². The molecule has 0 aromatic rings. The van der Waals surface area contributed by atoms with Crippen molar-refractivity contribution in [2.24, 2.45) is 0 Å². The minimum Gasteiger partial charge on any atom is -0.450 e. The molecule has 2 N–H and O–H groups in total. The van der Waals surface area contributed by atoms with E-state index in [9.17, 15) is 0 Å². The second-order valence-electron chi connectivity index (χ2n) is 0.860. The molecule has 8 heavy (non-hydrogen) atoms. The molecule has 0 aliphatic rings. The van der Waals surface area contributed by atoms with Gasteiger partial charge in [-0.3, -0.25) is 0 Å². The van der Waals surface area contributed by atoms with E-state index in [1.165, 1.54) is 0 Å². The van der Waals surface area contributed by atoms with Crippen molar-refractivity contribution >= 4 is 6.16 Å². The van der Waals surface area contributed by atoms with Crippen LogP contribution >= 0.6 is 0 Å². The third kappa shape index (κ3) is 167. The van der Waals surface area contributed by atoms with Gasteiger partial charge in [0.05, 0.1) is 0 Å². The molecule has 0 aromatic carbocycles. The smallest absolute Gasteiger partial charge is 0.450 e. The Morgan fingerprint density at radius 2 is 1.38 bits per heavy atom. The molecule has 0 aliphatic carbocycles. The van der Waals surface area contributed by atoms with Gasteiger partial charge in [0.2, 0.25) is 0 Å². The minimum atomic E-state index is -1.83. The summed E-state index contributed by atoms with van der Waals surface area (Å²) >= 11 is 0. The summed E-state index contributed by atoms with van der Waals surface area (Å²) in [7, 11) is 0. The van der Waals surface area contributed by atoms with Gasteiger partial charge in [0.25, 0.3) is 0 Å². The molecule has 0 unspecified atom stereocenters. The van der Waals surface area contributed by atoms with Crippen molar-refractivity contribution in [1.29, 1.82) is 0 Å². The van der Waals surface area contributed by atoms with E-state index in [-0.39, 0.29) is 68.9 Å². The average Bonchev–Trinajstić information content (AvgIpc) is 1.33. The second-order valence-corrected chi connectivity index (χ2v) is 0.860. The van der Waals surface area contributed by atoms with E-state index in [1.54, 1.807) is 0 Å². The molecule has 4 heteroatoms. The van der Waals surface area contributed by atoms with E-state index in [1.807, 2.05) is 20.3 Å². The first-order valence-corrected chi connectivity index (χ1v) is 1.81. The van der Waals surface area contributed by atoms with Crippen LogP contribution in [0.1, 0.15) is 13.8 Å². The Labute approximate surface area is 108 Å². The van der Waals surface area contributed by atoms with Crippen LogP contribution in [0.2, 0.25) is 0 Å². The first-order valence-electron chi connectivity index (χ1n) is 1.81. The first kappa shape index (κ1) is 16.2. The third-order valence-corrected chi connectivity index (χ3v) is 0. The van der Waals surface area contributed by atoms with Crippen LogP contribution < -0.4 is 68.9 Å². The molecule has 0 amide bonds. The molecule has 44 valence electrons. The van der Waals surface area contributed by atoms with Gasteiger partial charge in [-0.05, 0) is 0 Å². The molecule has 0 spiro atoms. The summed E-state index contributed by atoms with van der Waals surface area (Å²) in [4.78, 5) is 8.56.